The number of carbonyl (C=O) groups excluding carboxylic acids is 1. The number of fused-ring (bicyclic) bond motifs is 2. The van der Waals surface area contributed by atoms with Crippen LogP contribution in [0.3, 0.4) is 0 Å². The highest BCUT2D eigenvalue weighted by atomic mass is 16.5. The molecule has 0 aliphatic heterocycles. The number of carbonyl (C=O) groups is 1. The predicted octanol–water partition coefficient (Wildman–Crippen LogP) is 1.94. The number of esters is 1. The molecule has 2 aliphatic rings. The number of ether oxygens (including phenoxy) is 1. The van der Waals surface area contributed by atoms with Crippen molar-refractivity contribution in [3.05, 3.63) is 6.42 Å². The molecule has 1 radical (unpaired) electrons. The summed E-state index contributed by atoms with van der Waals surface area (Å²) in [5, 5.41) is 0. The molecule has 2 heteroatoms. The second-order valence-electron chi connectivity index (χ2n) is 3.94. The van der Waals surface area contributed by atoms with E-state index in [2.05, 4.69) is 0 Å². The van der Waals surface area contributed by atoms with E-state index in [4.69, 9.17) is 4.74 Å². The van der Waals surface area contributed by atoms with Gasteiger partial charge in [0.15, 0.2) is 0 Å². The fourth-order valence-electron chi connectivity index (χ4n) is 2.55. The smallest absolute Gasteiger partial charge is 0.309 e. The highest BCUT2D eigenvalue weighted by molar-refractivity contribution is 5.78. The third-order valence-corrected chi connectivity index (χ3v) is 3.18. The molecule has 0 amide bonds. The maximum absolute atomic E-state index is 11.0. The van der Waals surface area contributed by atoms with Gasteiger partial charge in [-0.05, 0) is 37.5 Å². The highest BCUT2D eigenvalue weighted by Crippen LogP contribution is 2.45. The molecule has 0 aromatic carbocycles. The molecule has 0 heterocycles. The Morgan fingerprint density at radius 2 is 2.25 bits per heavy atom. The minimum Gasteiger partial charge on any atom is -0.462 e. The standard InChI is InChI=1S/C10H15O2/c1-2-10(11)12-9-6-7-3-4-8(9)5-7/h2,7-9H,3-6H2,1H3. The molecule has 2 saturated carbocycles. The van der Waals surface area contributed by atoms with Gasteiger partial charge in [-0.15, -0.1) is 0 Å². The summed E-state index contributed by atoms with van der Waals surface area (Å²) in [6.07, 6.45) is 6.78. The van der Waals surface area contributed by atoms with Crippen molar-refractivity contribution in [2.75, 3.05) is 0 Å². The lowest BCUT2D eigenvalue weighted by Gasteiger charge is -2.21. The van der Waals surface area contributed by atoms with Crippen LogP contribution in [-0.2, 0) is 9.53 Å². The second-order valence-corrected chi connectivity index (χ2v) is 3.94. The van der Waals surface area contributed by atoms with E-state index in [9.17, 15) is 4.79 Å². The van der Waals surface area contributed by atoms with Crippen molar-refractivity contribution in [2.45, 2.75) is 38.7 Å². The number of hydrogen-bond donors (Lipinski definition) is 0. The van der Waals surface area contributed by atoms with Crippen LogP contribution in [0.4, 0.5) is 0 Å². The quantitative estimate of drug-likeness (QED) is 0.587. The van der Waals surface area contributed by atoms with Gasteiger partial charge in [-0.1, -0.05) is 6.92 Å². The van der Waals surface area contributed by atoms with Crippen molar-refractivity contribution >= 4 is 5.97 Å². The van der Waals surface area contributed by atoms with Gasteiger partial charge in [0.1, 0.15) is 6.10 Å². The first-order valence-corrected chi connectivity index (χ1v) is 4.79. The normalized spacial score (nSPS) is 38.6. The molecule has 3 unspecified atom stereocenters. The van der Waals surface area contributed by atoms with Crippen molar-refractivity contribution < 1.29 is 9.53 Å². The Kier molecular flexibility index (Phi) is 2.07. The molecular formula is C10H15O2. The lowest BCUT2D eigenvalue weighted by Crippen LogP contribution is -2.23. The Bertz CT molecular complexity index is 188. The summed E-state index contributed by atoms with van der Waals surface area (Å²) in [5.74, 6) is 1.39. The molecule has 0 N–H and O–H groups in total. The molecule has 67 valence electrons. The van der Waals surface area contributed by atoms with Gasteiger partial charge in [-0.25, -0.2) is 0 Å². The molecule has 0 aromatic rings. The Balaban J connectivity index is 1.86. The first-order chi connectivity index (χ1) is 5.79. The van der Waals surface area contributed by atoms with E-state index in [1.54, 1.807) is 6.92 Å². The molecule has 0 saturated heterocycles. The zero-order valence-electron chi connectivity index (χ0n) is 7.45. The van der Waals surface area contributed by atoms with E-state index in [0.29, 0.717) is 5.92 Å². The van der Waals surface area contributed by atoms with Crippen LogP contribution in [-0.4, -0.2) is 12.1 Å². The van der Waals surface area contributed by atoms with E-state index in [0.717, 1.165) is 12.3 Å². The first kappa shape index (κ1) is 8.09. The Morgan fingerprint density at radius 1 is 1.42 bits per heavy atom. The van der Waals surface area contributed by atoms with Crippen molar-refractivity contribution in [3.63, 3.8) is 0 Å². The van der Waals surface area contributed by atoms with Crippen LogP contribution in [0.25, 0.3) is 0 Å². The number of hydrogen-bond acceptors (Lipinski definition) is 2. The van der Waals surface area contributed by atoms with Crippen molar-refractivity contribution in [1.82, 2.24) is 0 Å². The fraction of sp³-hybridized carbons (Fsp3) is 0.800. The molecule has 3 atom stereocenters. The van der Waals surface area contributed by atoms with Crippen molar-refractivity contribution in [1.29, 1.82) is 0 Å². The van der Waals surface area contributed by atoms with Gasteiger partial charge < -0.3 is 4.74 Å². The maximum atomic E-state index is 11.0. The van der Waals surface area contributed by atoms with Crippen molar-refractivity contribution in [3.8, 4) is 0 Å². The molecule has 2 rings (SSSR count). The molecule has 12 heavy (non-hydrogen) atoms. The van der Waals surface area contributed by atoms with Gasteiger partial charge in [0.05, 0.1) is 6.42 Å². The predicted molar refractivity (Wildman–Crippen MR) is 45.3 cm³/mol. The minimum atomic E-state index is -0.146. The monoisotopic (exact) mass is 167 g/mol. The van der Waals surface area contributed by atoms with E-state index in [1.807, 2.05) is 0 Å². The highest BCUT2D eigenvalue weighted by Gasteiger charge is 2.41. The Labute approximate surface area is 73.3 Å². The van der Waals surface area contributed by atoms with Crippen LogP contribution in [0.1, 0.15) is 32.6 Å². The minimum absolute atomic E-state index is 0.146. The third-order valence-electron chi connectivity index (χ3n) is 3.18. The summed E-state index contributed by atoms with van der Waals surface area (Å²) in [6.45, 7) is 1.73. The van der Waals surface area contributed by atoms with Crippen LogP contribution in [0, 0.1) is 18.3 Å². The Morgan fingerprint density at radius 3 is 2.75 bits per heavy atom. The van der Waals surface area contributed by atoms with Gasteiger partial charge in [-0.2, -0.15) is 0 Å². The van der Waals surface area contributed by atoms with Gasteiger partial charge in [0.2, 0.25) is 0 Å². The lowest BCUT2D eigenvalue weighted by molar-refractivity contribution is -0.147. The molecule has 2 bridgehead atoms. The first-order valence-electron chi connectivity index (χ1n) is 4.79. The molecule has 2 fully saturated rings. The second kappa shape index (κ2) is 3.08. The van der Waals surface area contributed by atoms with Gasteiger partial charge in [0.25, 0.3) is 0 Å². The van der Waals surface area contributed by atoms with Crippen LogP contribution in [0.15, 0.2) is 0 Å². The van der Waals surface area contributed by atoms with E-state index < -0.39 is 0 Å². The SMILES string of the molecule is C[CH]C(=O)OC1CC2CCC1C2. The van der Waals surface area contributed by atoms with Crippen LogP contribution in [0.2, 0.25) is 0 Å². The third kappa shape index (κ3) is 1.35. The van der Waals surface area contributed by atoms with Gasteiger partial charge in [-0.3, -0.25) is 4.79 Å². The van der Waals surface area contributed by atoms with Gasteiger partial charge in [0, 0.05) is 0 Å². The zero-order valence-corrected chi connectivity index (χ0v) is 7.45. The van der Waals surface area contributed by atoms with E-state index in [-0.39, 0.29) is 12.1 Å². The summed E-state index contributed by atoms with van der Waals surface area (Å²) in [5.41, 5.74) is 0. The fourth-order valence-corrected chi connectivity index (χ4v) is 2.55. The topological polar surface area (TPSA) is 26.3 Å². The average molecular weight is 167 g/mol. The maximum Gasteiger partial charge on any atom is 0.309 e. The summed E-state index contributed by atoms with van der Waals surface area (Å²) in [4.78, 5) is 11.0. The zero-order chi connectivity index (χ0) is 8.55. The molecule has 2 nitrogen and oxygen atoms in total. The lowest BCUT2D eigenvalue weighted by atomic mass is 9.98. The summed E-state index contributed by atoms with van der Waals surface area (Å²) in [6, 6.07) is 0. The van der Waals surface area contributed by atoms with Crippen LogP contribution >= 0.6 is 0 Å². The Hall–Kier alpha value is -0.530. The molecule has 0 spiro atoms. The average Bonchev–Trinajstić information content (AvgIpc) is 2.64. The van der Waals surface area contributed by atoms with E-state index >= 15 is 0 Å². The van der Waals surface area contributed by atoms with Crippen LogP contribution < -0.4 is 0 Å². The number of rotatable bonds is 2. The van der Waals surface area contributed by atoms with Gasteiger partial charge >= 0.3 is 5.97 Å². The molecule has 2 aliphatic carbocycles. The van der Waals surface area contributed by atoms with E-state index in [1.165, 1.54) is 25.7 Å². The van der Waals surface area contributed by atoms with Crippen molar-refractivity contribution in [2.24, 2.45) is 11.8 Å². The molecule has 0 aromatic heterocycles. The summed E-state index contributed by atoms with van der Waals surface area (Å²) in [7, 11) is 0. The van der Waals surface area contributed by atoms with Crippen LogP contribution in [0.5, 0.6) is 0 Å². The molecular weight excluding hydrogens is 152 g/mol. The summed E-state index contributed by atoms with van der Waals surface area (Å²) >= 11 is 0. The largest absolute Gasteiger partial charge is 0.462 e. The summed E-state index contributed by atoms with van der Waals surface area (Å²) < 4.78 is 5.30.